The van der Waals surface area contributed by atoms with Crippen LogP contribution in [0.25, 0.3) is 10.4 Å². The van der Waals surface area contributed by atoms with Gasteiger partial charge < -0.3 is 14.8 Å². The molecule has 0 saturated carbocycles. The molecule has 1 saturated heterocycles. The molecule has 24 heavy (non-hydrogen) atoms. The fourth-order valence-electron chi connectivity index (χ4n) is 2.50. The molecule has 6 nitrogen and oxygen atoms in total. The van der Waals surface area contributed by atoms with E-state index in [1.165, 1.54) is 11.3 Å². The molecule has 1 amide bonds. The number of nitrogens with one attached hydrogen (secondary N) is 1. The number of amides is 1. The average molecular weight is 347 g/mol. The number of hydrogen-bond acceptors (Lipinski definition) is 6. The first-order chi connectivity index (χ1) is 11.8. The molecule has 3 heterocycles. The van der Waals surface area contributed by atoms with Crippen LogP contribution < -0.4 is 10.1 Å². The summed E-state index contributed by atoms with van der Waals surface area (Å²) >= 11 is 1.47. The van der Waals surface area contributed by atoms with Crippen molar-refractivity contribution < 1.29 is 14.3 Å². The van der Waals surface area contributed by atoms with Gasteiger partial charge in [-0.1, -0.05) is 0 Å². The Labute approximate surface area is 145 Å². The van der Waals surface area contributed by atoms with E-state index < -0.39 is 0 Å². The summed E-state index contributed by atoms with van der Waals surface area (Å²) in [6, 6.07) is 7.56. The first kappa shape index (κ1) is 16.9. The second-order valence-electron chi connectivity index (χ2n) is 5.46. The van der Waals surface area contributed by atoms with Gasteiger partial charge >= 0.3 is 0 Å². The number of morpholine rings is 1. The molecule has 0 unspecified atom stereocenters. The molecule has 1 aliphatic rings. The van der Waals surface area contributed by atoms with Gasteiger partial charge in [-0.2, -0.15) is 0 Å². The number of pyridine rings is 1. The van der Waals surface area contributed by atoms with Crippen molar-refractivity contribution in [3.05, 3.63) is 35.3 Å². The van der Waals surface area contributed by atoms with E-state index in [0.717, 1.165) is 43.3 Å². The molecule has 0 spiro atoms. The maximum absolute atomic E-state index is 12.3. The van der Waals surface area contributed by atoms with E-state index in [4.69, 9.17) is 9.47 Å². The van der Waals surface area contributed by atoms with Gasteiger partial charge in [0.2, 0.25) is 5.88 Å². The molecule has 0 aromatic carbocycles. The fraction of sp³-hybridized carbons (Fsp3) is 0.412. The third kappa shape index (κ3) is 4.31. The number of carbonyl (C=O) groups excluding carboxylic acids is 1. The van der Waals surface area contributed by atoms with Gasteiger partial charge in [0.25, 0.3) is 5.91 Å². The number of hydrogen-bond donors (Lipinski definition) is 1. The van der Waals surface area contributed by atoms with Crippen LogP contribution in [0.5, 0.6) is 5.88 Å². The van der Waals surface area contributed by atoms with Gasteiger partial charge in [-0.3, -0.25) is 9.69 Å². The minimum Gasteiger partial charge on any atom is -0.481 e. The molecule has 0 bridgehead atoms. The smallest absolute Gasteiger partial charge is 0.261 e. The molecule has 128 valence electrons. The maximum atomic E-state index is 12.3. The van der Waals surface area contributed by atoms with Crippen molar-refractivity contribution >= 4 is 17.2 Å². The molecule has 0 aliphatic carbocycles. The van der Waals surface area contributed by atoms with E-state index >= 15 is 0 Å². The minimum atomic E-state index is -0.0269. The predicted molar refractivity (Wildman–Crippen MR) is 93.7 cm³/mol. The van der Waals surface area contributed by atoms with Gasteiger partial charge in [-0.25, -0.2) is 4.98 Å². The van der Waals surface area contributed by atoms with Gasteiger partial charge in [-0.05, 0) is 18.2 Å². The second kappa shape index (κ2) is 8.23. The first-order valence-electron chi connectivity index (χ1n) is 7.95. The molecule has 3 rings (SSSR count). The second-order valence-corrected chi connectivity index (χ2v) is 6.55. The minimum absolute atomic E-state index is 0.0269. The van der Waals surface area contributed by atoms with Gasteiger partial charge in [0, 0.05) is 48.9 Å². The van der Waals surface area contributed by atoms with E-state index in [9.17, 15) is 4.79 Å². The third-order valence-corrected chi connectivity index (χ3v) is 5.01. The molecule has 2 aromatic rings. The van der Waals surface area contributed by atoms with Crippen molar-refractivity contribution in [1.29, 1.82) is 0 Å². The van der Waals surface area contributed by atoms with Crippen LogP contribution in [-0.4, -0.2) is 62.3 Å². The zero-order valence-electron chi connectivity index (χ0n) is 13.7. The summed E-state index contributed by atoms with van der Waals surface area (Å²) < 4.78 is 10.4. The zero-order valence-corrected chi connectivity index (χ0v) is 14.5. The van der Waals surface area contributed by atoms with Crippen LogP contribution in [0.1, 0.15) is 9.67 Å². The highest BCUT2D eigenvalue weighted by Gasteiger charge is 2.13. The summed E-state index contributed by atoms with van der Waals surface area (Å²) in [4.78, 5) is 20.5. The Kier molecular flexibility index (Phi) is 5.79. The lowest BCUT2D eigenvalue weighted by Crippen LogP contribution is -2.41. The Balaban J connectivity index is 1.53. The molecule has 1 N–H and O–H groups in total. The number of methoxy groups -OCH3 is 1. The normalized spacial score (nSPS) is 15.2. The lowest BCUT2D eigenvalue weighted by molar-refractivity contribution is 0.0383. The van der Waals surface area contributed by atoms with Crippen molar-refractivity contribution in [1.82, 2.24) is 15.2 Å². The van der Waals surface area contributed by atoms with Crippen molar-refractivity contribution in [2.45, 2.75) is 0 Å². The summed E-state index contributed by atoms with van der Waals surface area (Å²) in [5, 5.41) is 2.98. The molecule has 1 fully saturated rings. The first-order valence-corrected chi connectivity index (χ1v) is 8.76. The van der Waals surface area contributed by atoms with Crippen LogP contribution in [0.2, 0.25) is 0 Å². The van der Waals surface area contributed by atoms with E-state index in [1.807, 2.05) is 24.3 Å². The van der Waals surface area contributed by atoms with Gasteiger partial charge in [0.15, 0.2) is 0 Å². The van der Waals surface area contributed by atoms with Crippen LogP contribution in [0.3, 0.4) is 0 Å². The van der Waals surface area contributed by atoms with Crippen LogP contribution in [-0.2, 0) is 4.74 Å². The molecule has 2 aromatic heterocycles. The zero-order chi connectivity index (χ0) is 16.8. The molecule has 0 atom stereocenters. The van der Waals surface area contributed by atoms with Gasteiger partial charge in [0.1, 0.15) is 0 Å². The van der Waals surface area contributed by atoms with Crippen LogP contribution >= 0.6 is 11.3 Å². The molecule has 1 aliphatic heterocycles. The summed E-state index contributed by atoms with van der Waals surface area (Å²) in [6.07, 6.45) is 1.75. The Bertz CT molecular complexity index is 666. The fourth-order valence-corrected chi connectivity index (χ4v) is 3.41. The number of rotatable bonds is 6. The highest BCUT2D eigenvalue weighted by molar-refractivity contribution is 7.17. The molecular weight excluding hydrogens is 326 g/mol. The van der Waals surface area contributed by atoms with Crippen LogP contribution in [0.15, 0.2) is 30.5 Å². The Morgan fingerprint density at radius 3 is 2.88 bits per heavy atom. The number of nitrogens with zero attached hydrogens (tertiary/aromatic N) is 2. The van der Waals surface area contributed by atoms with Crippen molar-refractivity contribution in [3.8, 4) is 16.3 Å². The average Bonchev–Trinajstić information content (AvgIpc) is 3.13. The lowest BCUT2D eigenvalue weighted by atomic mass is 10.2. The van der Waals surface area contributed by atoms with Crippen molar-refractivity contribution in [2.24, 2.45) is 0 Å². The molecule has 7 heteroatoms. The summed E-state index contributed by atoms with van der Waals surface area (Å²) in [7, 11) is 1.59. The SMILES string of the molecule is COc1ccc(-c2ccc(C(=O)NCCN3CCOCC3)s2)cn1. The topological polar surface area (TPSA) is 63.7 Å². The van der Waals surface area contributed by atoms with Gasteiger partial charge in [-0.15, -0.1) is 11.3 Å². The quantitative estimate of drug-likeness (QED) is 0.864. The van der Waals surface area contributed by atoms with Crippen molar-refractivity contribution in [3.63, 3.8) is 0 Å². The van der Waals surface area contributed by atoms with Crippen LogP contribution in [0, 0.1) is 0 Å². The van der Waals surface area contributed by atoms with Crippen LogP contribution in [0.4, 0.5) is 0 Å². The van der Waals surface area contributed by atoms with E-state index in [2.05, 4.69) is 15.2 Å². The lowest BCUT2D eigenvalue weighted by Gasteiger charge is -2.26. The summed E-state index contributed by atoms with van der Waals surface area (Å²) in [5.74, 6) is 0.553. The number of aromatic nitrogens is 1. The summed E-state index contributed by atoms with van der Waals surface area (Å²) in [6.45, 7) is 4.93. The van der Waals surface area contributed by atoms with E-state index in [-0.39, 0.29) is 5.91 Å². The standard InChI is InChI=1S/C17H21N3O3S/c1-22-16-5-2-13(12-19-16)14-3-4-15(24-14)17(21)18-6-7-20-8-10-23-11-9-20/h2-5,12H,6-11H2,1H3,(H,18,21). The third-order valence-electron chi connectivity index (χ3n) is 3.88. The number of ether oxygens (including phenoxy) is 2. The Morgan fingerprint density at radius 1 is 1.33 bits per heavy atom. The monoisotopic (exact) mass is 347 g/mol. The highest BCUT2D eigenvalue weighted by atomic mass is 32.1. The molecular formula is C17H21N3O3S. The highest BCUT2D eigenvalue weighted by Crippen LogP contribution is 2.28. The largest absolute Gasteiger partial charge is 0.481 e. The number of thiophene rings is 1. The van der Waals surface area contributed by atoms with Crippen molar-refractivity contribution in [2.75, 3.05) is 46.5 Å². The predicted octanol–water partition coefficient (Wildman–Crippen LogP) is 1.88. The van der Waals surface area contributed by atoms with E-state index in [1.54, 1.807) is 13.3 Å². The summed E-state index contributed by atoms with van der Waals surface area (Å²) in [5.41, 5.74) is 0.980. The number of carbonyl (C=O) groups is 1. The molecule has 0 radical (unpaired) electrons. The van der Waals surface area contributed by atoms with Gasteiger partial charge in [0.05, 0.1) is 25.2 Å². The van der Waals surface area contributed by atoms with E-state index in [0.29, 0.717) is 17.3 Å². The maximum Gasteiger partial charge on any atom is 0.261 e. The Morgan fingerprint density at radius 2 is 2.17 bits per heavy atom. The Hall–Kier alpha value is -1.96.